The number of rotatable bonds is 4. The van der Waals surface area contributed by atoms with Gasteiger partial charge in [0.05, 0.1) is 12.6 Å². The summed E-state index contributed by atoms with van der Waals surface area (Å²) in [5.41, 5.74) is 3.12. The first-order valence-electron chi connectivity index (χ1n) is 8.26. The first-order chi connectivity index (χ1) is 12.9. The van der Waals surface area contributed by atoms with Gasteiger partial charge in [0.25, 0.3) is 0 Å². The number of aromatic amines is 1. The van der Waals surface area contributed by atoms with Crippen molar-refractivity contribution in [3.8, 4) is 17.0 Å². The average molecular weight is 370 g/mol. The molecule has 0 radical (unpaired) electrons. The molecule has 0 saturated heterocycles. The molecule has 1 aromatic heterocycles. The third-order valence-corrected chi connectivity index (χ3v) is 4.09. The molecule has 0 atom stereocenters. The van der Waals surface area contributed by atoms with Crippen LogP contribution in [-0.4, -0.2) is 36.1 Å². The lowest BCUT2D eigenvalue weighted by Gasteiger charge is -2.15. The van der Waals surface area contributed by atoms with E-state index in [0.29, 0.717) is 17.4 Å². The van der Waals surface area contributed by atoms with Crippen molar-refractivity contribution < 1.29 is 23.5 Å². The molecule has 0 aliphatic rings. The maximum Gasteiger partial charge on any atom is 0.409 e. The highest BCUT2D eigenvalue weighted by atomic mass is 19.1. The van der Waals surface area contributed by atoms with E-state index in [-0.39, 0.29) is 5.75 Å². The number of fused-ring (bicyclic) bond motifs is 1. The van der Waals surface area contributed by atoms with Crippen molar-refractivity contribution in [2.24, 2.45) is 0 Å². The van der Waals surface area contributed by atoms with Crippen LogP contribution in [0.3, 0.4) is 0 Å². The molecule has 0 fully saturated rings. The summed E-state index contributed by atoms with van der Waals surface area (Å²) in [7, 11) is 2.99. The van der Waals surface area contributed by atoms with Crippen LogP contribution in [0.5, 0.6) is 5.75 Å². The summed E-state index contributed by atoms with van der Waals surface area (Å²) in [5, 5.41) is 0.621. The minimum atomic E-state index is -0.510. The number of hydrogen-bond donors (Lipinski definition) is 1. The number of carbonyl (C=O) groups is 2. The SMILES string of the molecule is COC(=O)N(C)Cc1ccc(-c2cc3c(OC(C)=O)cc(F)cc3[nH]2)cc1. The number of nitrogens with zero attached hydrogens (tertiary/aromatic N) is 1. The summed E-state index contributed by atoms with van der Waals surface area (Å²) < 4.78 is 23.6. The molecule has 0 unspecified atom stereocenters. The van der Waals surface area contributed by atoms with Gasteiger partial charge in [0.2, 0.25) is 0 Å². The Bertz CT molecular complexity index is 995. The van der Waals surface area contributed by atoms with Crippen LogP contribution < -0.4 is 4.74 Å². The minimum Gasteiger partial charge on any atom is -0.453 e. The fourth-order valence-corrected chi connectivity index (χ4v) is 2.85. The Labute approximate surface area is 155 Å². The zero-order valence-electron chi connectivity index (χ0n) is 15.2. The van der Waals surface area contributed by atoms with Gasteiger partial charge in [-0.1, -0.05) is 24.3 Å². The second-order valence-corrected chi connectivity index (χ2v) is 6.16. The summed E-state index contributed by atoms with van der Waals surface area (Å²) in [6.07, 6.45) is -0.408. The molecule has 0 aliphatic carbocycles. The smallest absolute Gasteiger partial charge is 0.409 e. The lowest BCUT2D eigenvalue weighted by atomic mass is 10.1. The fourth-order valence-electron chi connectivity index (χ4n) is 2.85. The predicted molar refractivity (Wildman–Crippen MR) is 98.9 cm³/mol. The number of nitrogens with one attached hydrogen (secondary N) is 1. The molecule has 0 spiro atoms. The predicted octanol–water partition coefficient (Wildman–Crippen LogP) is 4.10. The number of H-pyrrole nitrogens is 1. The van der Waals surface area contributed by atoms with Gasteiger partial charge in [-0.3, -0.25) is 4.79 Å². The van der Waals surface area contributed by atoms with Gasteiger partial charge in [-0.05, 0) is 23.3 Å². The second kappa shape index (κ2) is 7.49. The normalized spacial score (nSPS) is 10.7. The van der Waals surface area contributed by atoms with Gasteiger partial charge in [0.15, 0.2) is 0 Å². The molecule has 1 amide bonds. The van der Waals surface area contributed by atoms with Crippen LogP contribution in [0.1, 0.15) is 12.5 Å². The molecule has 27 heavy (non-hydrogen) atoms. The molecule has 140 valence electrons. The van der Waals surface area contributed by atoms with Crippen LogP contribution in [0, 0.1) is 5.82 Å². The molecule has 1 heterocycles. The molecular formula is C20H19FN2O4. The maximum atomic E-state index is 13.8. The van der Waals surface area contributed by atoms with E-state index in [1.807, 2.05) is 30.3 Å². The van der Waals surface area contributed by atoms with E-state index in [1.165, 1.54) is 31.1 Å². The van der Waals surface area contributed by atoms with Gasteiger partial charge < -0.3 is 19.4 Å². The van der Waals surface area contributed by atoms with Crippen LogP contribution >= 0.6 is 0 Å². The van der Waals surface area contributed by atoms with Gasteiger partial charge in [-0.25, -0.2) is 9.18 Å². The topological polar surface area (TPSA) is 71.6 Å². The van der Waals surface area contributed by atoms with Gasteiger partial charge in [0.1, 0.15) is 11.6 Å². The number of benzene rings is 2. The van der Waals surface area contributed by atoms with Gasteiger partial charge in [-0.2, -0.15) is 0 Å². The van der Waals surface area contributed by atoms with Crippen molar-refractivity contribution in [3.63, 3.8) is 0 Å². The highest BCUT2D eigenvalue weighted by molar-refractivity contribution is 5.92. The number of carbonyl (C=O) groups excluding carboxylic acids is 2. The lowest BCUT2D eigenvalue weighted by molar-refractivity contribution is -0.131. The molecular weight excluding hydrogens is 351 g/mol. The van der Waals surface area contributed by atoms with Gasteiger partial charge in [0, 0.05) is 37.7 Å². The number of amides is 1. The fraction of sp³-hybridized carbons (Fsp3) is 0.200. The van der Waals surface area contributed by atoms with Crippen molar-refractivity contribution in [1.82, 2.24) is 9.88 Å². The lowest BCUT2D eigenvalue weighted by Crippen LogP contribution is -2.25. The van der Waals surface area contributed by atoms with Crippen LogP contribution in [0.4, 0.5) is 9.18 Å². The Hall–Kier alpha value is -3.35. The largest absolute Gasteiger partial charge is 0.453 e. The monoisotopic (exact) mass is 370 g/mol. The molecule has 6 nitrogen and oxygen atoms in total. The average Bonchev–Trinajstić information content (AvgIpc) is 3.05. The number of esters is 1. The van der Waals surface area contributed by atoms with Crippen molar-refractivity contribution >= 4 is 23.0 Å². The van der Waals surface area contributed by atoms with Crippen LogP contribution in [0.25, 0.3) is 22.2 Å². The maximum absolute atomic E-state index is 13.8. The molecule has 7 heteroatoms. The van der Waals surface area contributed by atoms with Gasteiger partial charge >= 0.3 is 12.1 Å². The number of ether oxygens (including phenoxy) is 2. The van der Waals surface area contributed by atoms with Crippen molar-refractivity contribution in [2.75, 3.05) is 14.2 Å². The quantitative estimate of drug-likeness (QED) is 0.554. The standard InChI is InChI=1S/C20H19FN2O4/c1-12(24)27-19-9-15(21)8-18-16(19)10-17(22-18)14-6-4-13(5-7-14)11-23(2)20(25)26-3/h4-10,22H,11H2,1-3H3. The molecule has 0 saturated carbocycles. The number of hydrogen-bond acceptors (Lipinski definition) is 4. The number of halogens is 1. The van der Waals surface area contributed by atoms with E-state index < -0.39 is 17.9 Å². The van der Waals surface area contributed by atoms with Crippen molar-refractivity contribution in [2.45, 2.75) is 13.5 Å². The highest BCUT2D eigenvalue weighted by Crippen LogP contribution is 2.32. The second-order valence-electron chi connectivity index (χ2n) is 6.16. The molecule has 2 aromatic carbocycles. The van der Waals surface area contributed by atoms with E-state index in [9.17, 15) is 14.0 Å². The van der Waals surface area contributed by atoms with Crippen molar-refractivity contribution in [1.29, 1.82) is 0 Å². The number of methoxy groups -OCH3 is 1. The third kappa shape index (κ3) is 4.08. The van der Waals surface area contributed by atoms with Crippen LogP contribution in [0.2, 0.25) is 0 Å². The van der Waals surface area contributed by atoms with Crippen LogP contribution in [-0.2, 0) is 16.1 Å². The molecule has 3 aromatic rings. The summed E-state index contributed by atoms with van der Waals surface area (Å²) in [6.45, 7) is 1.69. The van der Waals surface area contributed by atoms with E-state index >= 15 is 0 Å². The summed E-state index contributed by atoms with van der Waals surface area (Å²) in [5.74, 6) is -0.826. The summed E-state index contributed by atoms with van der Waals surface area (Å²) >= 11 is 0. The Morgan fingerprint density at radius 3 is 2.48 bits per heavy atom. The van der Waals surface area contributed by atoms with E-state index in [1.54, 1.807) is 7.05 Å². The Morgan fingerprint density at radius 2 is 1.85 bits per heavy atom. The summed E-state index contributed by atoms with van der Waals surface area (Å²) in [4.78, 5) is 27.3. The zero-order chi connectivity index (χ0) is 19.6. The summed E-state index contributed by atoms with van der Waals surface area (Å²) in [6, 6.07) is 11.9. The van der Waals surface area contributed by atoms with E-state index in [2.05, 4.69) is 9.72 Å². The molecule has 1 N–H and O–H groups in total. The van der Waals surface area contributed by atoms with E-state index in [4.69, 9.17) is 4.74 Å². The molecule has 3 rings (SSSR count). The van der Waals surface area contributed by atoms with E-state index in [0.717, 1.165) is 16.8 Å². The van der Waals surface area contributed by atoms with Crippen molar-refractivity contribution in [3.05, 3.63) is 53.8 Å². The minimum absolute atomic E-state index is 0.177. The molecule has 0 aliphatic heterocycles. The first-order valence-corrected chi connectivity index (χ1v) is 8.26. The third-order valence-electron chi connectivity index (χ3n) is 4.09. The Kier molecular flexibility index (Phi) is 5.12. The number of aromatic nitrogens is 1. The highest BCUT2D eigenvalue weighted by Gasteiger charge is 2.13. The zero-order valence-corrected chi connectivity index (χ0v) is 15.2. The Balaban J connectivity index is 1.89. The van der Waals surface area contributed by atoms with Gasteiger partial charge in [-0.15, -0.1) is 0 Å². The first kappa shape index (κ1) is 18.4. The molecule has 0 bridgehead atoms. The van der Waals surface area contributed by atoms with Crippen LogP contribution in [0.15, 0.2) is 42.5 Å². The Morgan fingerprint density at radius 1 is 1.15 bits per heavy atom.